The van der Waals surface area contributed by atoms with Gasteiger partial charge in [-0.25, -0.2) is 0 Å². The highest BCUT2D eigenvalue weighted by Gasteiger charge is 2.44. The quantitative estimate of drug-likeness (QED) is 0.832. The lowest BCUT2D eigenvalue weighted by molar-refractivity contribution is -0.115. The number of hydrogen-bond donors (Lipinski definition) is 0. The summed E-state index contributed by atoms with van der Waals surface area (Å²) in [6.45, 7) is 4.47. The number of likely N-dealkylation sites (tertiary alicyclic amines) is 2. The van der Waals surface area contributed by atoms with Gasteiger partial charge in [0.1, 0.15) is 0 Å². The first kappa shape index (κ1) is 18.1. The van der Waals surface area contributed by atoms with E-state index in [1.165, 1.54) is 5.56 Å². The Bertz CT molecular complexity index is 790. The Balaban J connectivity index is 1.41. The fraction of sp³-hybridized carbons (Fsp3) is 0.476. The number of amides is 1. The number of methoxy groups -OCH3 is 1. The molecule has 2 aromatic rings. The lowest BCUT2D eigenvalue weighted by Gasteiger charge is -2.52. The van der Waals surface area contributed by atoms with E-state index in [9.17, 15) is 4.79 Å². The van der Waals surface area contributed by atoms with E-state index in [0.29, 0.717) is 11.6 Å². The van der Waals surface area contributed by atoms with Crippen molar-refractivity contribution in [3.05, 3.63) is 59.7 Å². The average molecular weight is 366 g/mol. The number of hydrogen-bond acceptors (Lipinski definition) is 5. The Hall–Kier alpha value is -2.31. The van der Waals surface area contributed by atoms with Crippen molar-refractivity contribution < 1.29 is 9.53 Å². The number of piperidine rings is 1. The lowest BCUT2D eigenvalue weighted by atomic mass is 9.87. The number of nitrogens with zero attached hydrogens (tertiary/aromatic N) is 4. The van der Waals surface area contributed by atoms with Gasteiger partial charge in [0.25, 0.3) is 5.91 Å². The summed E-state index contributed by atoms with van der Waals surface area (Å²) in [5.41, 5.74) is 2.91. The zero-order chi connectivity index (χ0) is 18.8. The van der Waals surface area contributed by atoms with Crippen molar-refractivity contribution >= 4 is 5.91 Å². The molecule has 2 aromatic heterocycles. The van der Waals surface area contributed by atoms with Gasteiger partial charge in [0.05, 0.1) is 17.7 Å². The Labute approximate surface area is 160 Å². The number of ether oxygens (including phenoxy) is 1. The molecule has 6 heteroatoms. The molecule has 0 saturated carbocycles. The molecule has 4 rings (SSSR count). The molecule has 27 heavy (non-hydrogen) atoms. The van der Waals surface area contributed by atoms with E-state index in [4.69, 9.17) is 4.74 Å². The fourth-order valence-electron chi connectivity index (χ4n) is 4.29. The minimum atomic E-state index is 0.0984. The molecule has 1 amide bonds. The Morgan fingerprint density at radius 2 is 1.93 bits per heavy atom. The van der Waals surface area contributed by atoms with E-state index in [2.05, 4.69) is 20.9 Å². The number of aryl methyl sites for hydroxylation is 1. The van der Waals surface area contributed by atoms with Crippen LogP contribution in [-0.2, 0) is 4.74 Å². The van der Waals surface area contributed by atoms with Gasteiger partial charge in [0.2, 0.25) is 0 Å². The third-order valence-corrected chi connectivity index (χ3v) is 5.92. The van der Waals surface area contributed by atoms with E-state index in [1.54, 1.807) is 25.7 Å². The molecule has 2 aliphatic rings. The number of rotatable bonds is 4. The van der Waals surface area contributed by atoms with Crippen LogP contribution in [0.4, 0.5) is 0 Å². The molecule has 2 saturated heterocycles. The zero-order valence-electron chi connectivity index (χ0n) is 15.9. The minimum Gasteiger partial charge on any atom is -0.378 e. The van der Waals surface area contributed by atoms with Gasteiger partial charge in [-0.15, -0.1) is 0 Å². The van der Waals surface area contributed by atoms with Crippen LogP contribution in [0.3, 0.4) is 0 Å². The highest BCUT2D eigenvalue weighted by molar-refractivity contribution is 5.95. The first-order chi connectivity index (χ1) is 13.2. The summed E-state index contributed by atoms with van der Waals surface area (Å²) in [5, 5.41) is 0. The fourth-order valence-corrected chi connectivity index (χ4v) is 4.29. The monoisotopic (exact) mass is 366 g/mol. The topological polar surface area (TPSA) is 58.6 Å². The normalized spacial score (nSPS) is 23.9. The van der Waals surface area contributed by atoms with Gasteiger partial charge in [0, 0.05) is 57.6 Å². The molecule has 2 unspecified atom stereocenters. The summed E-state index contributed by atoms with van der Waals surface area (Å²) >= 11 is 0. The standard InChI is InChI=1S/C21H26N4O2/c1-15-5-9-23-13-18(15)21(26)24-10-6-17(7-11-24)25-14-19(27-2)20(25)16-4-3-8-22-12-16/h3-5,8-9,12-13,17,19-20H,6-7,10-11,14H2,1-2H3. The molecule has 0 N–H and O–H groups in total. The summed E-state index contributed by atoms with van der Waals surface area (Å²) in [5.74, 6) is 0.0984. The molecule has 2 atom stereocenters. The second kappa shape index (κ2) is 7.74. The van der Waals surface area contributed by atoms with Crippen molar-refractivity contribution in [2.75, 3.05) is 26.7 Å². The smallest absolute Gasteiger partial charge is 0.255 e. The van der Waals surface area contributed by atoms with Crippen LogP contribution in [0.5, 0.6) is 0 Å². The van der Waals surface area contributed by atoms with Crippen LogP contribution >= 0.6 is 0 Å². The molecule has 142 valence electrons. The molecule has 2 aliphatic heterocycles. The number of carbonyl (C=O) groups excluding carboxylic acids is 1. The second-order valence-electron chi connectivity index (χ2n) is 7.42. The van der Waals surface area contributed by atoms with E-state index < -0.39 is 0 Å². The van der Waals surface area contributed by atoms with Gasteiger partial charge in [-0.1, -0.05) is 6.07 Å². The molecule has 4 heterocycles. The predicted molar refractivity (Wildman–Crippen MR) is 102 cm³/mol. The zero-order valence-corrected chi connectivity index (χ0v) is 15.9. The molecule has 0 bridgehead atoms. The van der Waals surface area contributed by atoms with Crippen LogP contribution in [0.15, 0.2) is 43.0 Å². The Morgan fingerprint density at radius 3 is 2.59 bits per heavy atom. The molecule has 0 aromatic carbocycles. The second-order valence-corrected chi connectivity index (χ2v) is 7.42. The van der Waals surface area contributed by atoms with Crippen LogP contribution in [0, 0.1) is 6.92 Å². The Morgan fingerprint density at radius 1 is 1.15 bits per heavy atom. The summed E-state index contributed by atoms with van der Waals surface area (Å²) < 4.78 is 5.66. The van der Waals surface area contributed by atoms with Crippen LogP contribution in [0.2, 0.25) is 0 Å². The third kappa shape index (κ3) is 3.47. The van der Waals surface area contributed by atoms with Gasteiger partial charge in [-0.3, -0.25) is 19.7 Å². The van der Waals surface area contributed by atoms with Gasteiger partial charge in [-0.2, -0.15) is 0 Å². The van der Waals surface area contributed by atoms with Crippen molar-refractivity contribution in [2.24, 2.45) is 0 Å². The summed E-state index contributed by atoms with van der Waals surface area (Å²) in [4.78, 5) is 25.7. The van der Waals surface area contributed by atoms with Gasteiger partial charge in [-0.05, 0) is 43.0 Å². The van der Waals surface area contributed by atoms with Gasteiger partial charge in [0.15, 0.2) is 0 Å². The first-order valence-corrected chi connectivity index (χ1v) is 9.57. The lowest BCUT2D eigenvalue weighted by Crippen LogP contribution is -2.60. The molecule has 2 fully saturated rings. The summed E-state index contributed by atoms with van der Waals surface area (Å²) in [7, 11) is 1.78. The van der Waals surface area contributed by atoms with Gasteiger partial charge < -0.3 is 9.64 Å². The number of pyridine rings is 2. The maximum Gasteiger partial charge on any atom is 0.255 e. The Kier molecular flexibility index (Phi) is 5.18. The van der Waals surface area contributed by atoms with E-state index >= 15 is 0 Å². The summed E-state index contributed by atoms with van der Waals surface area (Å²) in [6.07, 6.45) is 9.34. The van der Waals surface area contributed by atoms with Crippen LogP contribution in [0.1, 0.15) is 40.4 Å². The molecule has 0 aliphatic carbocycles. The molecule has 0 spiro atoms. The van der Waals surface area contributed by atoms with Gasteiger partial charge >= 0.3 is 0 Å². The minimum absolute atomic E-state index is 0.0984. The van der Waals surface area contributed by atoms with E-state index in [0.717, 1.165) is 38.0 Å². The van der Waals surface area contributed by atoms with Crippen molar-refractivity contribution in [2.45, 2.75) is 38.0 Å². The number of aromatic nitrogens is 2. The maximum absolute atomic E-state index is 12.8. The SMILES string of the molecule is COC1CN(C2CCN(C(=O)c3cnccc3C)CC2)C1c1cccnc1. The van der Waals surface area contributed by atoms with Crippen molar-refractivity contribution in [1.29, 1.82) is 0 Å². The third-order valence-electron chi connectivity index (χ3n) is 5.92. The van der Waals surface area contributed by atoms with E-state index in [1.807, 2.05) is 30.2 Å². The van der Waals surface area contributed by atoms with E-state index in [-0.39, 0.29) is 18.1 Å². The summed E-state index contributed by atoms with van der Waals surface area (Å²) in [6, 6.07) is 6.73. The highest BCUT2D eigenvalue weighted by Crippen LogP contribution is 2.39. The highest BCUT2D eigenvalue weighted by atomic mass is 16.5. The van der Waals surface area contributed by atoms with Crippen LogP contribution in [-0.4, -0.2) is 64.6 Å². The first-order valence-electron chi connectivity index (χ1n) is 9.57. The van der Waals surface area contributed by atoms with Crippen molar-refractivity contribution in [3.8, 4) is 0 Å². The molecular weight excluding hydrogens is 340 g/mol. The van der Waals surface area contributed by atoms with Crippen molar-refractivity contribution in [3.63, 3.8) is 0 Å². The average Bonchev–Trinajstić information content (AvgIpc) is 2.69. The van der Waals surface area contributed by atoms with Crippen molar-refractivity contribution in [1.82, 2.24) is 19.8 Å². The molecular formula is C21H26N4O2. The van der Waals surface area contributed by atoms with Crippen LogP contribution in [0.25, 0.3) is 0 Å². The van der Waals surface area contributed by atoms with Crippen LogP contribution < -0.4 is 0 Å². The number of carbonyl (C=O) groups is 1. The maximum atomic E-state index is 12.8. The molecule has 0 radical (unpaired) electrons. The largest absolute Gasteiger partial charge is 0.378 e. The molecule has 6 nitrogen and oxygen atoms in total. The predicted octanol–water partition coefficient (Wildman–Crippen LogP) is 2.46.